The first-order chi connectivity index (χ1) is 7.20. The van der Waals surface area contributed by atoms with Gasteiger partial charge in [-0.25, -0.2) is 8.78 Å². The molecule has 1 aromatic heterocycles. The van der Waals surface area contributed by atoms with Crippen molar-refractivity contribution in [2.75, 3.05) is 13.6 Å². The molecule has 1 N–H and O–H groups in total. The van der Waals surface area contributed by atoms with Gasteiger partial charge in [-0.05, 0) is 13.1 Å². The van der Waals surface area contributed by atoms with E-state index >= 15 is 0 Å². The summed E-state index contributed by atoms with van der Waals surface area (Å²) in [6.45, 7) is 0.740. The van der Waals surface area contributed by atoms with E-state index in [1.54, 1.807) is 6.07 Å². The molecular weight excluding hydrogens is 200 g/mol. The van der Waals surface area contributed by atoms with E-state index < -0.39 is 11.6 Å². The van der Waals surface area contributed by atoms with E-state index in [0.717, 1.165) is 12.6 Å². The number of hydrogen-bond donors (Lipinski definition) is 1. The zero-order valence-electron chi connectivity index (χ0n) is 8.31. The predicted molar refractivity (Wildman–Crippen MR) is 53.8 cm³/mol. The lowest BCUT2D eigenvalue weighted by Gasteiger charge is -1.93. The number of likely N-dealkylation sites (N-methyl/N-ethyl adjacent to an activating group) is 1. The number of fused-ring (bicyclic) bond motifs is 1. The van der Waals surface area contributed by atoms with Gasteiger partial charge in [0.05, 0.1) is 5.39 Å². The van der Waals surface area contributed by atoms with Crippen LogP contribution in [0.25, 0.3) is 11.0 Å². The van der Waals surface area contributed by atoms with Gasteiger partial charge in [0.1, 0.15) is 23.0 Å². The van der Waals surface area contributed by atoms with Crippen molar-refractivity contribution in [3.63, 3.8) is 0 Å². The molecule has 0 aliphatic carbocycles. The predicted octanol–water partition coefficient (Wildman–Crippen LogP) is 2.47. The van der Waals surface area contributed by atoms with Crippen molar-refractivity contribution >= 4 is 11.0 Å². The average Bonchev–Trinajstić information content (AvgIpc) is 2.57. The molecule has 0 aliphatic rings. The van der Waals surface area contributed by atoms with Gasteiger partial charge in [-0.3, -0.25) is 0 Å². The Morgan fingerprint density at radius 1 is 1.27 bits per heavy atom. The number of nitrogens with one attached hydrogen (secondary N) is 1. The van der Waals surface area contributed by atoms with Crippen molar-refractivity contribution in [1.29, 1.82) is 0 Å². The molecule has 2 rings (SSSR count). The molecule has 4 heteroatoms. The maximum atomic E-state index is 13.3. The molecule has 0 unspecified atom stereocenters. The molecule has 2 nitrogen and oxygen atoms in total. The smallest absolute Gasteiger partial charge is 0.140 e. The number of hydrogen-bond acceptors (Lipinski definition) is 2. The molecule has 0 atom stereocenters. The van der Waals surface area contributed by atoms with Crippen molar-refractivity contribution in [2.45, 2.75) is 6.42 Å². The lowest BCUT2D eigenvalue weighted by Crippen LogP contribution is -2.09. The van der Waals surface area contributed by atoms with Crippen LogP contribution in [-0.2, 0) is 6.42 Å². The maximum Gasteiger partial charge on any atom is 0.140 e. The van der Waals surface area contributed by atoms with Gasteiger partial charge in [0, 0.05) is 25.1 Å². The van der Waals surface area contributed by atoms with Crippen LogP contribution in [0.2, 0.25) is 0 Å². The van der Waals surface area contributed by atoms with E-state index in [-0.39, 0.29) is 5.58 Å². The molecule has 0 aliphatic heterocycles. The van der Waals surface area contributed by atoms with Crippen LogP contribution >= 0.6 is 0 Å². The summed E-state index contributed by atoms with van der Waals surface area (Å²) in [5.41, 5.74) is 0.263. The summed E-state index contributed by atoms with van der Waals surface area (Å²) in [4.78, 5) is 0. The Morgan fingerprint density at radius 2 is 2.07 bits per heavy atom. The standard InChI is InChI=1S/C11H11F2NO/c1-14-3-2-8-6-9-10(13)4-7(12)5-11(9)15-8/h4-6,14H,2-3H2,1H3. The number of benzene rings is 1. The van der Waals surface area contributed by atoms with Crippen LogP contribution in [0.1, 0.15) is 5.76 Å². The van der Waals surface area contributed by atoms with Crippen LogP contribution in [0.15, 0.2) is 22.6 Å². The zero-order chi connectivity index (χ0) is 10.8. The SMILES string of the molecule is CNCCc1cc2c(F)cc(F)cc2o1. The minimum Gasteiger partial charge on any atom is -0.461 e. The van der Waals surface area contributed by atoms with Gasteiger partial charge < -0.3 is 9.73 Å². The van der Waals surface area contributed by atoms with Crippen LogP contribution in [0.4, 0.5) is 8.78 Å². The molecule has 2 aromatic rings. The van der Waals surface area contributed by atoms with Crippen LogP contribution in [0.5, 0.6) is 0 Å². The Kier molecular flexibility index (Phi) is 2.68. The fourth-order valence-corrected chi connectivity index (χ4v) is 1.49. The first-order valence-electron chi connectivity index (χ1n) is 4.73. The second kappa shape index (κ2) is 3.98. The molecule has 0 radical (unpaired) electrons. The Labute approximate surface area is 85.9 Å². The topological polar surface area (TPSA) is 25.2 Å². The molecule has 0 saturated heterocycles. The molecule has 0 fully saturated rings. The first-order valence-corrected chi connectivity index (χ1v) is 4.73. The summed E-state index contributed by atoms with van der Waals surface area (Å²) in [6.07, 6.45) is 0.659. The van der Waals surface area contributed by atoms with Crippen molar-refractivity contribution in [3.8, 4) is 0 Å². The molecule has 80 valence electrons. The first kappa shape index (κ1) is 10.1. The third-order valence-corrected chi connectivity index (χ3v) is 2.22. The molecule has 0 bridgehead atoms. The number of furan rings is 1. The van der Waals surface area contributed by atoms with E-state index in [1.807, 2.05) is 7.05 Å². The van der Waals surface area contributed by atoms with Gasteiger partial charge >= 0.3 is 0 Å². The van der Waals surface area contributed by atoms with E-state index in [2.05, 4.69) is 5.32 Å². The Bertz CT molecular complexity index is 479. The van der Waals surface area contributed by atoms with Crippen molar-refractivity contribution in [3.05, 3.63) is 35.6 Å². The lowest BCUT2D eigenvalue weighted by atomic mass is 10.2. The third-order valence-electron chi connectivity index (χ3n) is 2.22. The molecule has 1 heterocycles. The summed E-state index contributed by atoms with van der Waals surface area (Å²) < 4.78 is 31.4. The summed E-state index contributed by atoms with van der Waals surface area (Å²) in [6, 6.07) is 3.67. The van der Waals surface area contributed by atoms with Crippen LogP contribution in [-0.4, -0.2) is 13.6 Å². The Balaban J connectivity index is 2.41. The van der Waals surface area contributed by atoms with Crippen molar-refractivity contribution < 1.29 is 13.2 Å². The van der Waals surface area contributed by atoms with E-state index in [4.69, 9.17) is 4.42 Å². The lowest BCUT2D eigenvalue weighted by molar-refractivity contribution is 0.534. The van der Waals surface area contributed by atoms with Gasteiger partial charge in [-0.2, -0.15) is 0 Å². The summed E-state index contributed by atoms with van der Waals surface area (Å²) in [7, 11) is 1.82. The average molecular weight is 211 g/mol. The third kappa shape index (κ3) is 1.99. The van der Waals surface area contributed by atoms with Gasteiger partial charge in [0.15, 0.2) is 0 Å². The van der Waals surface area contributed by atoms with Crippen molar-refractivity contribution in [2.24, 2.45) is 0 Å². The Hall–Kier alpha value is -1.42. The minimum absolute atomic E-state index is 0.263. The molecule has 0 saturated carbocycles. The quantitative estimate of drug-likeness (QED) is 0.843. The van der Waals surface area contributed by atoms with Gasteiger partial charge in [-0.1, -0.05) is 0 Å². The molecule has 1 aromatic carbocycles. The fourth-order valence-electron chi connectivity index (χ4n) is 1.49. The molecule has 15 heavy (non-hydrogen) atoms. The summed E-state index contributed by atoms with van der Waals surface area (Å²) in [5, 5.41) is 3.29. The van der Waals surface area contributed by atoms with Crippen LogP contribution < -0.4 is 5.32 Å². The molecule has 0 amide bonds. The Morgan fingerprint density at radius 3 is 2.80 bits per heavy atom. The minimum atomic E-state index is -0.616. The monoisotopic (exact) mass is 211 g/mol. The van der Waals surface area contributed by atoms with Crippen molar-refractivity contribution in [1.82, 2.24) is 5.32 Å². The number of rotatable bonds is 3. The fraction of sp³-hybridized carbons (Fsp3) is 0.273. The summed E-state index contributed by atoms with van der Waals surface area (Å²) >= 11 is 0. The maximum absolute atomic E-state index is 13.3. The second-order valence-electron chi connectivity index (χ2n) is 3.37. The largest absolute Gasteiger partial charge is 0.461 e. The molecular formula is C11H11F2NO. The highest BCUT2D eigenvalue weighted by Gasteiger charge is 2.09. The normalized spacial score (nSPS) is 11.1. The van der Waals surface area contributed by atoms with E-state index in [9.17, 15) is 8.78 Å². The highest BCUT2D eigenvalue weighted by Crippen LogP contribution is 2.23. The van der Waals surface area contributed by atoms with Gasteiger partial charge in [0.2, 0.25) is 0 Å². The van der Waals surface area contributed by atoms with Gasteiger partial charge in [-0.15, -0.1) is 0 Å². The highest BCUT2D eigenvalue weighted by atomic mass is 19.1. The second-order valence-corrected chi connectivity index (χ2v) is 3.37. The molecule has 0 spiro atoms. The van der Waals surface area contributed by atoms with E-state index in [1.165, 1.54) is 6.07 Å². The van der Waals surface area contributed by atoms with Crippen LogP contribution in [0, 0.1) is 11.6 Å². The van der Waals surface area contributed by atoms with Gasteiger partial charge in [0.25, 0.3) is 0 Å². The summed E-state index contributed by atoms with van der Waals surface area (Å²) in [5.74, 6) is -0.539. The zero-order valence-corrected chi connectivity index (χ0v) is 8.31. The number of halogens is 2. The van der Waals surface area contributed by atoms with E-state index in [0.29, 0.717) is 17.6 Å². The van der Waals surface area contributed by atoms with Crippen LogP contribution in [0.3, 0.4) is 0 Å². The highest BCUT2D eigenvalue weighted by molar-refractivity contribution is 5.78.